The van der Waals surface area contributed by atoms with Crippen molar-refractivity contribution in [3.8, 4) is 5.75 Å². The van der Waals surface area contributed by atoms with Crippen LogP contribution in [-0.2, 0) is 4.79 Å². The molecule has 1 rings (SSSR count). The summed E-state index contributed by atoms with van der Waals surface area (Å²) in [6.07, 6.45) is 0.236. The lowest BCUT2D eigenvalue weighted by atomic mass is 10.2. The number of halogens is 1. The molecule has 5 heteroatoms. The van der Waals surface area contributed by atoms with Gasteiger partial charge in [0.05, 0.1) is 7.11 Å². The lowest BCUT2D eigenvalue weighted by Gasteiger charge is -2.07. The first kappa shape index (κ1) is 11.5. The largest absolute Gasteiger partial charge is 0.494 e. The fraction of sp³-hybridized carbons (Fsp3) is 0.300. The van der Waals surface area contributed by atoms with E-state index in [0.717, 1.165) is 0 Å². The van der Waals surface area contributed by atoms with E-state index in [1.54, 1.807) is 0 Å². The van der Waals surface area contributed by atoms with E-state index in [4.69, 9.17) is 10.5 Å². The van der Waals surface area contributed by atoms with Crippen LogP contribution in [0.25, 0.3) is 0 Å². The van der Waals surface area contributed by atoms with Gasteiger partial charge in [0.2, 0.25) is 5.91 Å². The minimum atomic E-state index is -0.464. The predicted octanol–water partition coefficient (Wildman–Crippen LogP) is 1.12. The fourth-order valence-electron chi connectivity index (χ4n) is 1.09. The minimum Gasteiger partial charge on any atom is -0.494 e. The molecule has 4 nitrogen and oxygen atoms in total. The van der Waals surface area contributed by atoms with Crippen LogP contribution >= 0.6 is 0 Å². The Morgan fingerprint density at radius 3 is 2.93 bits per heavy atom. The first-order valence-corrected chi connectivity index (χ1v) is 4.51. The number of carbonyl (C=O) groups excluding carboxylic acids is 1. The molecule has 0 aliphatic carbocycles. The topological polar surface area (TPSA) is 64.3 Å². The Morgan fingerprint density at radius 2 is 2.33 bits per heavy atom. The van der Waals surface area contributed by atoms with Crippen molar-refractivity contribution in [2.45, 2.75) is 6.42 Å². The van der Waals surface area contributed by atoms with Crippen molar-refractivity contribution in [3.05, 3.63) is 24.0 Å². The zero-order chi connectivity index (χ0) is 11.3. The van der Waals surface area contributed by atoms with Gasteiger partial charge >= 0.3 is 0 Å². The maximum atomic E-state index is 13.0. The van der Waals surface area contributed by atoms with Crippen molar-refractivity contribution in [2.75, 3.05) is 19.0 Å². The van der Waals surface area contributed by atoms with E-state index in [1.165, 1.54) is 25.3 Å². The van der Waals surface area contributed by atoms with Crippen molar-refractivity contribution in [1.29, 1.82) is 0 Å². The van der Waals surface area contributed by atoms with Crippen molar-refractivity contribution < 1.29 is 13.9 Å². The quantitative estimate of drug-likeness (QED) is 0.786. The highest BCUT2D eigenvalue weighted by Gasteiger charge is 2.05. The number of anilines is 1. The zero-order valence-corrected chi connectivity index (χ0v) is 8.42. The van der Waals surface area contributed by atoms with Crippen LogP contribution in [0.1, 0.15) is 6.42 Å². The standard InChI is InChI=1S/C10H13FN2O2/c1-15-9-6-7(2-3-8(9)11)13-10(14)4-5-12/h2-3,6H,4-5,12H2,1H3,(H,13,14). The Balaban J connectivity index is 2.74. The van der Waals surface area contributed by atoms with E-state index in [2.05, 4.69) is 5.32 Å². The van der Waals surface area contributed by atoms with E-state index in [-0.39, 0.29) is 24.6 Å². The smallest absolute Gasteiger partial charge is 0.225 e. The summed E-state index contributed by atoms with van der Waals surface area (Å²) in [4.78, 5) is 11.2. The summed E-state index contributed by atoms with van der Waals surface area (Å²) >= 11 is 0. The van der Waals surface area contributed by atoms with Gasteiger partial charge in [0.1, 0.15) is 0 Å². The summed E-state index contributed by atoms with van der Waals surface area (Å²) < 4.78 is 17.8. The highest BCUT2D eigenvalue weighted by atomic mass is 19.1. The van der Waals surface area contributed by atoms with E-state index < -0.39 is 5.82 Å². The monoisotopic (exact) mass is 212 g/mol. The first-order chi connectivity index (χ1) is 7.17. The third-order valence-electron chi connectivity index (χ3n) is 1.81. The number of rotatable bonds is 4. The van der Waals surface area contributed by atoms with Gasteiger partial charge in [-0.2, -0.15) is 0 Å². The van der Waals surface area contributed by atoms with E-state index in [1.807, 2.05) is 0 Å². The van der Waals surface area contributed by atoms with Gasteiger partial charge in [-0.05, 0) is 12.1 Å². The second-order valence-corrected chi connectivity index (χ2v) is 2.94. The van der Waals surface area contributed by atoms with Crippen LogP contribution in [-0.4, -0.2) is 19.6 Å². The van der Waals surface area contributed by atoms with Crippen LogP contribution in [0.2, 0.25) is 0 Å². The second kappa shape index (κ2) is 5.31. The molecule has 0 radical (unpaired) electrons. The molecule has 0 aliphatic rings. The number of hydrogen-bond donors (Lipinski definition) is 2. The van der Waals surface area contributed by atoms with Crippen LogP contribution in [0.3, 0.4) is 0 Å². The van der Waals surface area contributed by atoms with Crippen LogP contribution in [0, 0.1) is 5.82 Å². The maximum absolute atomic E-state index is 13.0. The SMILES string of the molecule is COc1cc(NC(=O)CCN)ccc1F. The van der Waals surface area contributed by atoms with Crippen LogP contribution in [0.15, 0.2) is 18.2 Å². The molecule has 0 heterocycles. The predicted molar refractivity (Wildman–Crippen MR) is 55.3 cm³/mol. The third kappa shape index (κ3) is 3.21. The summed E-state index contributed by atoms with van der Waals surface area (Å²) in [6.45, 7) is 0.282. The molecule has 0 saturated heterocycles. The number of benzene rings is 1. The molecule has 0 spiro atoms. The van der Waals surface area contributed by atoms with Crippen molar-refractivity contribution >= 4 is 11.6 Å². The molecule has 0 aliphatic heterocycles. The zero-order valence-electron chi connectivity index (χ0n) is 8.42. The van der Waals surface area contributed by atoms with Crippen LogP contribution in [0.4, 0.5) is 10.1 Å². The molecular formula is C10H13FN2O2. The van der Waals surface area contributed by atoms with E-state index in [9.17, 15) is 9.18 Å². The van der Waals surface area contributed by atoms with Gasteiger partial charge in [0, 0.05) is 24.7 Å². The number of carbonyl (C=O) groups is 1. The van der Waals surface area contributed by atoms with Gasteiger partial charge < -0.3 is 15.8 Å². The number of ether oxygens (including phenoxy) is 1. The summed E-state index contributed by atoms with van der Waals surface area (Å²) in [5.41, 5.74) is 5.71. The molecule has 0 unspecified atom stereocenters. The summed E-state index contributed by atoms with van der Waals surface area (Å²) in [5, 5.41) is 2.58. The van der Waals surface area contributed by atoms with Gasteiger partial charge in [-0.15, -0.1) is 0 Å². The van der Waals surface area contributed by atoms with Gasteiger partial charge in [0.15, 0.2) is 11.6 Å². The summed E-state index contributed by atoms with van der Waals surface area (Å²) in [5.74, 6) is -0.568. The number of nitrogens with one attached hydrogen (secondary N) is 1. The number of nitrogens with two attached hydrogens (primary N) is 1. The molecule has 0 aromatic heterocycles. The Labute approximate surface area is 87.2 Å². The molecule has 0 bridgehead atoms. The summed E-state index contributed by atoms with van der Waals surface area (Å²) in [7, 11) is 1.36. The van der Waals surface area contributed by atoms with Crippen molar-refractivity contribution in [1.82, 2.24) is 0 Å². The Hall–Kier alpha value is -1.62. The van der Waals surface area contributed by atoms with Gasteiger partial charge in [-0.3, -0.25) is 4.79 Å². The minimum absolute atomic E-state index is 0.0977. The second-order valence-electron chi connectivity index (χ2n) is 2.94. The van der Waals surface area contributed by atoms with Gasteiger partial charge in [-0.1, -0.05) is 0 Å². The Bertz CT molecular complexity index is 355. The Kier molecular flexibility index (Phi) is 4.05. The highest BCUT2D eigenvalue weighted by Crippen LogP contribution is 2.21. The molecule has 1 aromatic carbocycles. The molecule has 0 saturated carbocycles. The van der Waals surface area contributed by atoms with Gasteiger partial charge in [0.25, 0.3) is 0 Å². The van der Waals surface area contributed by atoms with Crippen LogP contribution in [0.5, 0.6) is 5.75 Å². The normalized spacial score (nSPS) is 9.80. The Morgan fingerprint density at radius 1 is 1.60 bits per heavy atom. The van der Waals surface area contributed by atoms with Crippen molar-refractivity contribution in [3.63, 3.8) is 0 Å². The van der Waals surface area contributed by atoms with Crippen molar-refractivity contribution in [2.24, 2.45) is 5.73 Å². The van der Waals surface area contributed by atoms with Gasteiger partial charge in [-0.25, -0.2) is 4.39 Å². The van der Waals surface area contributed by atoms with Crippen LogP contribution < -0.4 is 15.8 Å². The number of hydrogen-bond acceptors (Lipinski definition) is 3. The first-order valence-electron chi connectivity index (χ1n) is 4.51. The summed E-state index contributed by atoms with van der Waals surface area (Å²) in [6, 6.07) is 4.12. The average molecular weight is 212 g/mol. The third-order valence-corrected chi connectivity index (χ3v) is 1.81. The molecule has 0 fully saturated rings. The highest BCUT2D eigenvalue weighted by molar-refractivity contribution is 5.90. The average Bonchev–Trinajstić information content (AvgIpc) is 2.21. The van der Waals surface area contributed by atoms with E-state index in [0.29, 0.717) is 5.69 Å². The lowest BCUT2D eigenvalue weighted by molar-refractivity contribution is -0.116. The molecule has 82 valence electrons. The molecule has 1 aromatic rings. The lowest BCUT2D eigenvalue weighted by Crippen LogP contribution is -2.16. The number of amides is 1. The molecule has 0 atom stereocenters. The number of methoxy groups -OCH3 is 1. The fourth-order valence-corrected chi connectivity index (χ4v) is 1.09. The van der Waals surface area contributed by atoms with E-state index >= 15 is 0 Å². The molecule has 15 heavy (non-hydrogen) atoms. The molecule has 3 N–H and O–H groups in total. The maximum Gasteiger partial charge on any atom is 0.225 e. The molecule has 1 amide bonds. The molecular weight excluding hydrogens is 199 g/mol.